The maximum atomic E-state index is 14.0. The maximum absolute atomic E-state index is 14.0. The molecule has 1 aliphatic heterocycles. The number of likely N-dealkylation sites (tertiary alicyclic amines) is 1. The Labute approximate surface area is 274 Å². The number of pyridine rings is 1. The second-order valence-corrected chi connectivity index (χ2v) is 13.4. The fraction of sp³-hybridized carbons (Fsp3) is 0.333. The lowest BCUT2D eigenvalue weighted by atomic mass is 9.98. The van der Waals surface area contributed by atoms with Gasteiger partial charge in [-0.2, -0.15) is 5.26 Å². The lowest BCUT2D eigenvalue weighted by molar-refractivity contribution is 0.0866. The molecule has 236 valence electrons. The van der Waals surface area contributed by atoms with E-state index in [-0.39, 0.29) is 29.5 Å². The molecule has 2 aromatic heterocycles. The van der Waals surface area contributed by atoms with Crippen molar-refractivity contribution < 1.29 is 4.39 Å². The van der Waals surface area contributed by atoms with Crippen LogP contribution in [-0.2, 0) is 0 Å². The molecular formula is C36H38ClFN8. The first-order valence-electron chi connectivity index (χ1n) is 15.6. The third-order valence-electron chi connectivity index (χ3n) is 8.81. The fourth-order valence-electron chi connectivity index (χ4n) is 6.23. The molecule has 8 nitrogen and oxygen atoms in total. The minimum Gasteiger partial charge on any atom is -0.377 e. The molecule has 0 unspecified atom stereocenters. The number of benzene rings is 3. The average molecular weight is 637 g/mol. The summed E-state index contributed by atoms with van der Waals surface area (Å²) in [5.41, 5.74) is 4.97. The minimum atomic E-state index is -0.341. The Morgan fingerprint density at radius 1 is 1.00 bits per heavy atom. The Morgan fingerprint density at radius 3 is 2.43 bits per heavy atom. The van der Waals surface area contributed by atoms with Gasteiger partial charge in [0.1, 0.15) is 17.6 Å². The zero-order valence-electron chi connectivity index (χ0n) is 26.5. The molecule has 0 saturated carbocycles. The van der Waals surface area contributed by atoms with Crippen molar-refractivity contribution in [1.29, 1.82) is 5.26 Å². The van der Waals surface area contributed by atoms with Crippen LogP contribution in [0.3, 0.4) is 0 Å². The molecule has 2 atom stereocenters. The molecule has 1 saturated heterocycles. The molecule has 0 spiro atoms. The van der Waals surface area contributed by atoms with Gasteiger partial charge in [0.25, 0.3) is 0 Å². The monoisotopic (exact) mass is 636 g/mol. The van der Waals surface area contributed by atoms with Crippen molar-refractivity contribution in [2.45, 2.75) is 64.2 Å². The summed E-state index contributed by atoms with van der Waals surface area (Å²) < 4.78 is 16.0. The number of anilines is 2. The molecule has 1 fully saturated rings. The molecule has 0 bridgehead atoms. The Bertz CT molecular complexity index is 1870. The van der Waals surface area contributed by atoms with Crippen molar-refractivity contribution in [1.82, 2.24) is 24.9 Å². The van der Waals surface area contributed by atoms with Gasteiger partial charge in [0.05, 0.1) is 40.7 Å². The van der Waals surface area contributed by atoms with Crippen molar-refractivity contribution in [3.05, 3.63) is 112 Å². The molecule has 3 aromatic carbocycles. The van der Waals surface area contributed by atoms with Crippen LogP contribution in [0.25, 0.3) is 10.9 Å². The van der Waals surface area contributed by atoms with Gasteiger partial charge in [-0.15, -0.1) is 5.10 Å². The number of nitriles is 1. The van der Waals surface area contributed by atoms with Crippen LogP contribution in [0.2, 0.25) is 5.02 Å². The van der Waals surface area contributed by atoms with Crippen molar-refractivity contribution >= 4 is 33.9 Å². The summed E-state index contributed by atoms with van der Waals surface area (Å²) in [5.74, 6) is -0.319. The van der Waals surface area contributed by atoms with Gasteiger partial charge in [0.2, 0.25) is 0 Å². The summed E-state index contributed by atoms with van der Waals surface area (Å²) in [6.45, 7) is 10.7. The van der Waals surface area contributed by atoms with Crippen LogP contribution in [0.1, 0.15) is 81.0 Å². The topological polar surface area (TPSA) is 94.7 Å². The normalized spacial score (nSPS) is 15.8. The average Bonchev–Trinajstić information content (AvgIpc) is 3.54. The van der Waals surface area contributed by atoms with Crippen molar-refractivity contribution in [3.63, 3.8) is 0 Å². The highest BCUT2D eigenvalue weighted by Gasteiger charge is 2.29. The van der Waals surface area contributed by atoms with Crippen LogP contribution in [0.15, 0.2) is 79.1 Å². The van der Waals surface area contributed by atoms with E-state index in [9.17, 15) is 9.65 Å². The first-order chi connectivity index (χ1) is 22.1. The third kappa shape index (κ3) is 6.69. The predicted molar refractivity (Wildman–Crippen MR) is 181 cm³/mol. The Hall–Kier alpha value is -4.52. The van der Waals surface area contributed by atoms with Crippen molar-refractivity contribution in [3.8, 4) is 6.07 Å². The van der Waals surface area contributed by atoms with E-state index in [2.05, 4.69) is 64.8 Å². The van der Waals surface area contributed by atoms with Gasteiger partial charge in [-0.25, -0.2) is 9.07 Å². The summed E-state index contributed by atoms with van der Waals surface area (Å²) in [4.78, 5) is 7.22. The molecule has 2 N–H and O–H groups in total. The van der Waals surface area contributed by atoms with Crippen LogP contribution in [-0.4, -0.2) is 43.5 Å². The molecule has 46 heavy (non-hydrogen) atoms. The standard InChI is InChI=1S/C36H38ClFN8/c1-23(25-11-8-12-28(38)17-25)41-33-26(20-39)21-40-35-30(33)18-27(37)19-31(35)42-34(24-9-6-5-7-10-24)32-22-46(44-43-32)29-13-15-45(16-14-29)36(2,3)4/h5-12,17-19,21-23,29,34,42H,13-16H2,1-4H3,(H,40,41)/t23-,34+/m1/s1. The number of hydrogen-bond acceptors (Lipinski definition) is 7. The molecule has 0 radical (unpaired) electrons. The van der Waals surface area contributed by atoms with Gasteiger partial charge in [0.15, 0.2) is 0 Å². The van der Waals surface area contributed by atoms with Crippen LogP contribution in [0.5, 0.6) is 0 Å². The smallest absolute Gasteiger partial charge is 0.123 e. The summed E-state index contributed by atoms with van der Waals surface area (Å²) >= 11 is 6.73. The van der Waals surface area contributed by atoms with Gasteiger partial charge in [-0.05, 0) is 75.9 Å². The van der Waals surface area contributed by atoms with E-state index in [1.165, 1.54) is 12.1 Å². The predicted octanol–water partition coefficient (Wildman–Crippen LogP) is 8.30. The summed E-state index contributed by atoms with van der Waals surface area (Å²) in [7, 11) is 0. The number of nitrogens with zero attached hydrogens (tertiary/aromatic N) is 6. The highest BCUT2D eigenvalue weighted by atomic mass is 35.5. The lowest BCUT2D eigenvalue weighted by Gasteiger charge is -2.40. The number of rotatable bonds is 8. The number of piperidine rings is 1. The van der Waals surface area contributed by atoms with Gasteiger partial charge >= 0.3 is 0 Å². The summed E-state index contributed by atoms with van der Waals surface area (Å²) in [6.07, 6.45) is 5.62. The van der Waals surface area contributed by atoms with Crippen LogP contribution in [0.4, 0.5) is 15.8 Å². The molecule has 3 heterocycles. The molecule has 5 aromatic rings. The highest BCUT2D eigenvalue weighted by molar-refractivity contribution is 6.32. The second-order valence-electron chi connectivity index (χ2n) is 12.9. The van der Waals surface area contributed by atoms with Crippen LogP contribution < -0.4 is 10.6 Å². The van der Waals surface area contributed by atoms with Gasteiger partial charge < -0.3 is 10.6 Å². The SMILES string of the molecule is C[C@@H](Nc1c(C#N)cnc2c(N[C@@H](c3ccccc3)c3cn(C4CCN(C(C)(C)C)CC4)nn3)cc(Cl)cc12)c1cccc(F)c1. The first kappa shape index (κ1) is 31.5. The fourth-order valence-corrected chi connectivity index (χ4v) is 6.44. The molecular weight excluding hydrogens is 599 g/mol. The highest BCUT2D eigenvalue weighted by Crippen LogP contribution is 2.38. The number of hydrogen-bond donors (Lipinski definition) is 2. The molecule has 0 amide bonds. The van der Waals surface area contributed by atoms with Gasteiger partial charge in [-0.3, -0.25) is 9.88 Å². The number of fused-ring (bicyclic) bond motifs is 1. The van der Waals surface area contributed by atoms with E-state index in [4.69, 9.17) is 16.6 Å². The zero-order valence-corrected chi connectivity index (χ0v) is 27.3. The van der Waals surface area contributed by atoms with Crippen molar-refractivity contribution in [2.24, 2.45) is 0 Å². The number of halogens is 2. The van der Waals surface area contributed by atoms with E-state index in [0.29, 0.717) is 32.9 Å². The maximum Gasteiger partial charge on any atom is 0.123 e. The van der Waals surface area contributed by atoms with Crippen LogP contribution in [0, 0.1) is 17.1 Å². The molecule has 10 heteroatoms. The summed E-state index contributed by atoms with van der Waals surface area (Å²) in [5, 5.41) is 27.5. The Morgan fingerprint density at radius 2 is 1.74 bits per heavy atom. The van der Waals surface area contributed by atoms with E-state index in [0.717, 1.165) is 42.8 Å². The number of nitrogens with one attached hydrogen (secondary N) is 2. The largest absolute Gasteiger partial charge is 0.377 e. The van der Waals surface area contributed by atoms with E-state index >= 15 is 0 Å². The molecule has 6 rings (SSSR count). The van der Waals surface area contributed by atoms with E-state index < -0.39 is 0 Å². The van der Waals surface area contributed by atoms with Crippen molar-refractivity contribution in [2.75, 3.05) is 23.7 Å². The van der Waals surface area contributed by atoms with Crippen LogP contribution >= 0.6 is 11.6 Å². The minimum absolute atomic E-state index is 0.148. The lowest BCUT2D eigenvalue weighted by Crippen LogP contribution is -2.46. The van der Waals surface area contributed by atoms with E-state index in [1.54, 1.807) is 18.3 Å². The molecule has 0 aliphatic carbocycles. The summed E-state index contributed by atoms with van der Waals surface area (Å²) in [6, 6.07) is 22.0. The van der Waals surface area contributed by atoms with E-state index in [1.807, 2.05) is 48.1 Å². The Balaban J connectivity index is 1.35. The number of aromatic nitrogens is 4. The van der Waals surface area contributed by atoms with Gasteiger partial charge in [-0.1, -0.05) is 59.3 Å². The quantitative estimate of drug-likeness (QED) is 0.177. The Kier molecular flexibility index (Phi) is 8.94. The first-order valence-corrected chi connectivity index (χ1v) is 16.0. The zero-order chi connectivity index (χ0) is 32.4. The van der Waals surface area contributed by atoms with Gasteiger partial charge in [0, 0.05) is 41.3 Å². The molecule has 1 aliphatic rings. The second kappa shape index (κ2) is 13.1. The third-order valence-corrected chi connectivity index (χ3v) is 9.03.